The van der Waals surface area contributed by atoms with Gasteiger partial charge < -0.3 is 10.1 Å². The molecule has 0 heterocycles. The minimum absolute atomic E-state index is 0.428. The van der Waals surface area contributed by atoms with Crippen LogP contribution < -0.4 is 5.32 Å². The molecule has 0 aromatic rings. The molecule has 0 amide bonds. The fourth-order valence-corrected chi connectivity index (χ4v) is 1.19. The van der Waals surface area contributed by atoms with Gasteiger partial charge in [-0.05, 0) is 19.4 Å². The molecule has 0 rings (SSSR count). The molecule has 3 heteroatoms. The number of nitrogens with one attached hydrogen (secondary N) is 1. The Morgan fingerprint density at radius 1 is 1.55 bits per heavy atom. The minimum Gasteiger partial charge on any atom is -0.383 e. The Kier molecular flexibility index (Phi) is 8.47. The van der Waals surface area contributed by atoms with Crippen molar-refractivity contribution in [2.45, 2.75) is 25.8 Å². The standard InChI is InChI=1S/C8H18ClNO/c1-3-6-10-8(4-5-9)7-11-2/h8,10H,3-7H2,1-2H3. The van der Waals surface area contributed by atoms with Crippen LogP contribution >= 0.6 is 11.6 Å². The van der Waals surface area contributed by atoms with Crippen LogP contribution in [-0.2, 0) is 4.74 Å². The molecule has 11 heavy (non-hydrogen) atoms. The molecule has 0 radical (unpaired) electrons. The van der Waals surface area contributed by atoms with Crippen molar-refractivity contribution in [1.82, 2.24) is 5.32 Å². The zero-order chi connectivity index (χ0) is 8.53. The van der Waals surface area contributed by atoms with E-state index in [4.69, 9.17) is 16.3 Å². The summed E-state index contributed by atoms with van der Waals surface area (Å²) in [6, 6.07) is 0.428. The van der Waals surface area contributed by atoms with E-state index in [2.05, 4.69) is 12.2 Å². The van der Waals surface area contributed by atoms with Crippen molar-refractivity contribution < 1.29 is 4.74 Å². The zero-order valence-corrected chi connectivity index (χ0v) is 8.16. The quantitative estimate of drug-likeness (QED) is 0.600. The Morgan fingerprint density at radius 3 is 2.73 bits per heavy atom. The molecule has 2 nitrogen and oxygen atoms in total. The average Bonchev–Trinajstić information content (AvgIpc) is 2.01. The number of methoxy groups -OCH3 is 1. The second kappa shape index (κ2) is 8.31. The highest BCUT2D eigenvalue weighted by molar-refractivity contribution is 6.17. The zero-order valence-electron chi connectivity index (χ0n) is 7.40. The number of rotatable bonds is 7. The Balaban J connectivity index is 3.34. The number of hydrogen-bond donors (Lipinski definition) is 1. The van der Waals surface area contributed by atoms with Crippen LogP contribution in [0.15, 0.2) is 0 Å². The van der Waals surface area contributed by atoms with Crippen LogP contribution in [0.4, 0.5) is 0 Å². The molecule has 0 fully saturated rings. The average molecular weight is 180 g/mol. The highest BCUT2D eigenvalue weighted by atomic mass is 35.5. The van der Waals surface area contributed by atoms with Crippen molar-refractivity contribution in [2.24, 2.45) is 0 Å². The van der Waals surface area contributed by atoms with Crippen molar-refractivity contribution in [2.75, 3.05) is 26.1 Å². The normalized spacial score (nSPS) is 13.4. The summed E-state index contributed by atoms with van der Waals surface area (Å²) in [7, 11) is 1.72. The van der Waals surface area contributed by atoms with Gasteiger partial charge in [-0.15, -0.1) is 11.6 Å². The molecule has 0 saturated heterocycles. The monoisotopic (exact) mass is 179 g/mol. The van der Waals surface area contributed by atoms with Gasteiger partial charge in [0.05, 0.1) is 6.61 Å². The van der Waals surface area contributed by atoms with E-state index in [1.54, 1.807) is 7.11 Å². The summed E-state index contributed by atoms with van der Waals surface area (Å²) in [6.07, 6.45) is 2.14. The largest absolute Gasteiger partial charge is 0.383 e. The van der Waals surface area contributed by atoms with Gasteiger partial charge in [0.25, 0.3) is 0 Å². The molecule has 0 bridgehead atoms. The molecule has 1 N–H and O–H groups in total. The predicted octanol–water partition coefficient (Wildman–Crippen LogP) is 1.63. The van der Waals surface area contributed by atoms with Gasteiger partial charge in [-0.2, -0.15) is 0 Å². The fraction of sp³-hybridized carbons (Fsp3) is 1.00. The van der Waals surface area contributed by atoms with Gasteiger partial charge in [0.1, 0.15) is 0 Å². The maximum absolute atomic E-state index is 5.62. The van der Waals surface area contributed by atoms with Crippen LogP contribution in [0.2, 0.25) is 0 Å². The summed E-state index contributed by atoms with van der Waals surface area (Å²) in [5, 5.41) is 3.36. The van der Waals surface area contributed by atoms with Crippen LogP contribution in [-0.4, -0.2) is 32.2 Å². The lowest BCUT2D eigenvalue weighted by atomic mass is 10.2. The van der Waals surface area contributed by atoms with Crippen LogP contribution in [0.1, 0.15) is 19.8 Å². The maximum Gasteiger partial charge on any atom is 0.0616 e. The molecule has 68 valence electrons. The molecule has 0 aliphatic rings. The van der Waals surface area contributed by atoms with E-state index >= 15 is 0 Å². The lowest BCUT2D eigenvalue weighted by molar-refractivity contribution is 0.165. The number of alkyl halides is 1. The van der Waals surface area contributed by atoms with Gasteiger partial charge >= 0.3 is 0 Å². The van der Waals surface area contributed by atoms with Gasteiger partial charge in [0, 0.05) is 19.0 Å². The van der Waals surface area contributed by atoms with Crippen molar-refractivity contribution >= 4 is 11.6 Å². The van der Waals surface area contributed by atoms with Crippen molar-refractivity contribution in [3.05, 3.63) is 0 Å². The Hall–Kier alpha value is 0.210. The lowest BCUT2D eigenvalue weighted by Gasteiger charge is -2.15. The van der Waals surface area contributed by atoms with E-state index in [-0.39, 0.29) is 0 Å². The molecular formula is C8H18ClNO. The van der Waals surface area contributed by atoms with E-state index in [0.29, 0.717) is 11.9 Å². The molecule has 1 unspecified atom stereocenters. The fourth-order valence-electron chi connectivity index (χ4n) is 0.926. The maximum atomic E-state index is 5.62. The highest BCUT2D eigenvalue weighted by Gasteiger charge is 2.04. The van der Waals surface area contributed by atoms with Gasteiger partial charge in [-0.3, -0.25) is 0 Å². The summed E-state index contributed by atoms with van der Waals surface area (Å²) in [6.45, 7) is 3.95. The Morgan fingerprint density at radius 2 is 2.27 bits per heavy atom. The van der Waals surface area contributed by atoms with Crippen molar-refractivity contribution in [3.63, 3.8) is 0 Å². The predicted molar refractivity (Wildman–Crippen MR) is 49.3 cm³/mol. The van der Waals surface area contributed by atoms with E-state index in [9.17, 15) is 0 Å². The highest BCUT2D eigenvalue weighted by Crippen LogP contribution is 1.95. The van der Waals surface area contributed by atoms with E-state index in [0.717, 1.165) is 26.0 Å². The van der Waals surface area contributed by atoms with Crippen molar-refractivity contribution in [3.8, 4) is 0 Å². The molecular weight excluding hydrogens is 162 g/mol. The first kappa shape index (κ1) is 11.2. The molecule has 0 aromatic heterocycles. The summed E-state index contributed by atoms with van der Waals surface area (Å²) in [5.41, 5.74) is 0. The topological polar surface area (TPSA) is 21.3 Å². The summed E-state index contributed by atoms with van der Waals surface area (Å²) < 4.78 is 5.03. The van der Waals surface area contributed by atoms with Crippen LogP contribution in [0, 0.1) is 0 Å². The third-order valence-corrected chi connectivity index (χ3v) is 1.73. The number of hydrogen-bond acceptors (Lipinski definition) is 2. The summed E-state index contributed by atoms with van der Waals surface area (Å²) in [5.74, 6) is 0.699. The third-order valence-electron chi connectivity index (χ3n) is 1.51. The first-order valence-electron chi connectivity index (χ1n) is 4.13. The summed E-state index contributed by atoms with van der Waals surface area (Å²) in [4.78, 5) is 0. The Labute approximate surface area is 74.3 Å². The summed E-state index contributed by atoms with van der Waals surface area (Å²) >= 11 is 5.62. The van der Waals surface area contributed by atoms with Gasteiger partial charge in [0.15, 0.2) is 0 Å². The lowest BCUT2D eigenvalue weighted by Crippen LogP contribution is -2.34. The molecule has 0 aliphatic heterocycles. The van der Waals surface area contributed by atoms with Gasteiger partial charge in [0.2, 0.25) is 0 Å². The first-order valence-corrected chi connectivity index (χ1v) is 4.66. The van der Waals surface area contributed by atoms with Gasteiger partial charge in [-0.1, -0.05) is 6.92 Å². The van der Waals surface area contributed by atoms with E-state index < -0.39 is 0 Å². The molecule has 1 atom stereocenters. The number of ether oxygens (including phenoxy) is 1. The molecule has 0 spiro atoms. The van der Waals surface area contributed by atoms with Crippen LogP contribution in [0.5, 0.6) is 0 Å². The smallest absolute Gasteiger partial charge is 0.0616 e. The molecule has 0 aromatic carbocycles. The second-order valence-electron chi connectivity index (χ2n) is 2.58. The van der Waals surface area contributed by atoms with Crippen LogP contribution in [0.25, 0.3) is 0 Å². The third kappa shape index (κ3) is 6.60. The van der Waals surface area contributed by atoms with Gasteiger partial charge in [-0.25, -0.2) is 0 Å². The van der Waals surface area contributed by atoms with E-state index in [1.807, 2.05) is 0 Å². The molecule has 0 saturated carbocycles. The SMILES string of the molecule is CCCNC(CCCl)COC. The first-order chi connectivity index (χ1) is 5.35. The van der Waals surface area contributed by atoms with Crippen molar-refractivity contribution in [1.29, 1.82) is 0 Å². The minimum atomic E-state index is 0.428. The molecule has 0 aliphatic carbocycles. The van der Waals surface area contributed by atoms with Crippen LogP contribution in [0.3, 0.4) is 0 Å². The number of halogens is 1. The van der Waals surface area contributed by atoms with E-state index in [1.165, 1.54) is 0 Å². The second-order valence-corrected chi connectivity index (χ2v) is 2.96. The Bertz CT molecular complexity index is 74.5.